The van der Waals surface area contributed by atoms with E-state index in [1.54, 1.807) is 0 Å². The van der Waals surface area contributed by atoms with Crippen molar-refractivity contribution in [2.24, 2.45) is 0 Å². The van der Waals surface area contributed by atoms with Crippen LogP contribution >= 0.6 is 43.5 Å². The van der Waals surface area contributed by atoms with Gasteiger partial charge >= 0.3 is 0 Å². The van der Waals surface area contributed by atoms with E-state index in [-0.39, 0.29) is 0 Å². The maximum Gasteiger partial charge on any atom is 0.0627 e. The van der Waals surface area contributed by atoms with Crippen molar-refractivity contribution in [1.29, 1.82) is 0 Å². The Labute approximate surface area is 98.2 Å². The molecule has 0 aliphatic rings. The minimum atomic E-state index is 0.763. The predicted octanol–water partition coefficient (Wildman–Crippen LogP) is 5.02. The first-order valence-corrected chi connectivity index (χ1v) is 5.69. The van der Waals surface area contributed by atoms with Gasteiger partial charge in [0.2, 0.25) is 0 Å². The number of halogens is 3. The van der Waals surface area contributed by atoms with Crippen LogP contribution in [0.2, 0.25) is 5.02 Å². The van der Waals surface area contributed by atoms with Crippen molar-refractivity contribution < 1.29 is 0 Å². The lowest BCUT2D eigenvalue weighted by atomic mass is 10.1. The molecule has 2 rings (SSSR count). The van der Waals surface area contributed by atoms with Crippen LogP contribution in [0.1, 0.15) is 0 Å². The Hall–Kier alpha value is -0.0500. The summed E-state index contributed by atoms with van der Waals surface area (Å²) in [5, 5.41) is 2.96. The average molecular weight is 320 g/mol. The van der Waals surface area contributed by atoms with Gasteiger partial charge in [0.1, 0.15) is 0 Å². The van der Waals surface area contributed by atoms with Gasteiger partial charge in [-0.15, -0.1) is 0 Å². The lowest BCUT2D eigenvalue weighted by Gasteiger charge is -2.04. The highest BCUT2D eigenvalue weighted by Crippen LogP contribution is 2.35. The number of rotatable bonds is 0. The topological polar surface area (TPSA) is 0 Å². The Morgan fingerprint density at radius 2 is 1.54 bits per heavy atom. The number of benzene rings is 2. The molecule has 0 unspecified atom stereocenters. The minimum Gasteiger partial charge on any atom is -0.0824 e. The lowest BCUT2D eigenvalue weighted by Crippen LogP contribution is -1.77. The maximum atomic E-state index is 6.13. The first-order valence-electron chi connectivity index (χ1n) is 3.72. The van der Waals surface area contributed by atoms with Crippen molar-refractivity contribution in [3.05, 3.63) is 44.3 Å². The summed E-state index contributed by atoms with van der Waals surface area (Å²) in [5.41, 5.74) is 0. The van der Waals surface area contributed by atoms with Crippen molar-refractivity contribution in [3.63, 3.8) is 0 Å². The van der Waals surface area contributed by atoms with E-state index in [1.807, 2.05) is 30.3 Å². The van der Waals surface area contributed by atoms with Crippen molar-refractivity contribution in [3.8, 4) is 0 Å². The van der Waals surface area contributed by atoms with Crippen molar-refractivity contribution in [2.75, 3.05) is 0 Å². The van der Waals surface area contributed by atoms with E-state index >= 15 is 0 Å². The summed E-state index contributed by atoms with van der Waals surface area (Å²) in [6.07, 6.45) is 0. The molecule has 0 spiro atoms. The quantitative estimate of drug-likeness (QED) is 0.598. The highest BCUT2D eigenvalue weighted by atomic mass is 79.9. The summed E-state index contributed by atoms with van der Waals surface area (Å²) in [6, 6.07) is 9.99. The van der Waals surface area contributed by atoms with Gasteiger partial charge in [-0.1, -0.05) is 51.8 Å². The smallest absolute Gasteiger partial charge is 0.0627 e. The van der Waals surface area contributed by atoms with Crippen molar-refractivity contribution >= 4 is 54.2 Å². The summed E-state index contributed by atoms with van der Waals surface area (Å²) in [4.78, 5) is 0. The molecule has 0 nitrogen and oxygen atoms in total. The summed E-state index contributed by atoms with van der Waals surface area (Å²) >= 11 is 13.0. The fraction of sp³-hybridized carbons (Fsp3) is 0. The van der Waals surface area contributed by atoms with Gasteiger partial charge in [0.05, 0.1) is 5.02 Å². The van der Waals surface area contributed by atoms with Gasteiger partial charge in [-0.25, -0.2) is 0 Å². The number of hydrogen-bond donors (Lipinski definition) is 0. The Bertz CT molecular complexity index is 466. The zero-order valence-electron chi connectivity index (χ0n) is 6.52. The molecule has 0 aromatic heterocycles. The summed E-state index contributed by atoms with van der Waals surface area (Å²) in [5.74, 6) is 0. The molecule has 0 fully saturated rings. The van der Waals surface area contributed by atoms with E-state index < -0.39 is 0 Å². The molecule has 0 atom stereocenters. The molecule has 0 bridgehead atoms. The molecule has 2 aromatic rings. The van der Waals surface area contributed by atoms with E-state index in [9.17, 15) is 0 Å². The van der Waals surface area contributed by atoms with Crippen LogP contribution in [0.25, 0.3) is 10.8 Å². The van der Waals surface area contributed by atoms with Crippen molar-refractivity contribution in [1.82, 2.24) is 0 Å². The van der Waals surface area contributed by atoms with Gasteiger partial charge in [0.15, 0.2) is 0 Å². The molecular weight excluding hydrogens is 315 g/mol. The second-order valence-electron chi connectivity index (χ2n) is 2.70. The summed E-state index contributed by atoms with van der Waals surface area (Å²) in [6.45, 7) is 0. The molecule has 0 aliphatic heterocycles. The first kappa shape index (κ1) is 9.50. The van der Waals surface area contributed by atoms with Crippen LogP contribution in [0.4, 0.5) is 0 Å². The third kappa shape index (κ3) is 1.63. The Morgan fingerprint density at radius 3 is 2.23 bits per heavy atom. The Morgan fingerprint density at radius 1 is 0.923 bits per heavy atom. The van der Waals surface area contributed by atoms with Crippen LogP contribution in [0.15, 0.2) is 39.3 Å². The highest BCUT2D eigenvalue weighted by Gasteiger charge is 2.05. The zero-order valence-corrected chi connectivity index (χ0v) is 10.4. The molecule has 0 heterocycles. The van der Waals surface area contributed by atoms with Crippen LogP contribution in [0.5, 0.6) is 0 Å². The third-order valence-corrected chi connectivity index (χ3v) is 3.80. The van der Waals surface area contributed by atoms with Crippen LogP contribution < -0.4 is 0 Å². The van der Waals surface area contributed by atoms with E-state index in [0.29, 0.717) is 0 Å². The van der Waals surface area contributed by atoms with Gasteiger partial charge in [0, 0.05) is 14.3 Å². The second kappa shape index (κ2) is 3.60. The Kier molecular flexibility index (Phi) is 2.63. The molecule has 3 heteroatoms. The second-order valence-corrected chi connectivity index (χ2v) is 4.79. The van der Waals surface area contributed by atoms with Gasteiger partial charge in [-0.05, 0) is 27.4 Å². The Balaban J connectivity index is 2.97. The molecule has 0 saturated heterocycles. The highest BCUT2D eigenvalue weighted by molar-refractivity contribution is 9.11. The number of fused-ring (bicyclic) bond motifs is 1. The predicted molar refractivity (Wildman–Crippen MR) is 64.4 cm³/mol. The molecule has 66 valence electrons. The van der Waals surface area contributed by atoms with Gasteiger partial charge in [-0.2, -0.15) is 0 Å². The minimum absolute atomic E-state index is 0.763. The normalized spacial score (nSPS) is 10.7. The zero-order chi connectivity index (χ0) is 9.42. The van der Waals surface area contributed by atoms with Crippen LogP contribution in [0, 0.1) is 0 Å². The summed E-state index contributed by atoms with van der Waals surface area (Å²) < 4.78 is 1.97. The molecule has 0 N–H and O–H groups in total. The van der Waals surface area contributed by atoms with Gasteiger partial charge in [-0.3, -0.25) is 0 Å². The largest absolute Gasteiger partial charge is 0.0824 e. The molecule has 0 amide bonds. The SMILES string of the molecule is Clc1c(Br)cc(Br)c2ccccc12. The van der Waals surface area contributed by atoms with Crippen LogP contribution in [-0.2, 0) is 0 Å². The summed E-state index contributed by atoms with van der Waals surface area (Å²) in [7, 11) is 0. The van der Waals surface area contributed by atoms with Crippen LogP contribution in [0.3, 0.4) is 0 Å². The van der Waals surface area contributed by atoms with E-state index in [2.05, 4.69) is 31.9 Å². The first-order chi connectivity index (χ1) is 6.20. The number of hydrogen-bond acceptors (Lipinski definition) is 0. The molecule has 13 heavy (non-hydrogen) atoms. The fourth-order valence-electron chi connectivity index (χ4n) is 1.26. The monoisotopic (exact) mass is 318 g/mol. The van der Waals surface area contributed by atoms with E-state index in [1.165, 1.54) is 0 Å². The van der Waals surface area contributed by atoms with E-state index in [0.717, 1.165) is 24.7 Å². The molecule has 0 aliphatic carbocycles. The van der Waals surface area contributed by atoms with Gasteiger partial charge in [0.25, 0.3) is 0 Å². The molecule has 2 aromatic carbocycles. The maximum absolute atomic E-state index is 6.13. The third-order valence-electron chi connectivity index (χ3n) is 1.88. The van der Waals surface area contributed by atoms with E-state index in [4.69, 9.17) is 11.6 Å². The fourth-order valence-corrected chi connectivity index (χ4v) is 2.81. The molecular formula is C10H5Br2Cl. The standard InChI is InChI=1S/C10H5Br2Cl/c11-8-5-9(12)10(13)7-4-2-1-3-6(7)8/h1-5H. The van der Waals surface area contributed by atoms with Gasteiger partial charge < -0.3 is 0 Å². The molecule has 0 radical (unpaired) electrons. The molecule has 0 saturated carbocycles. The van der Waals surface area contributed by atoms with Crippen molar-refractivity contribution in [2.45, 2.75) is 0 Å². The average Bonchev–Trinajstić information content (AvgIpc) is 2.15. The van der Waals surface area contributed by atoms with Crippen LogP contribution in [-0.4, -0.2) is 0 Å². The lowest BCUT2D eigenvalue weighted by molar-refractivity contribution is 1.66.